The molecular formula is C13H20N2O3S2. The highest BCUT2D eigenvalue weighted by Crippen LogP contribution is 2.27. The zero-order valence-corrected chi connectivity index (χ0v) is 13.2. The molecule has 2 rings (SSSR count). The van der Waals surface area contributed by atoms with Gasteiger partial charge in [0, 0.05) is 31.4 Å². The molecule has 1 N–H and O–H groups in total. The fraction of sp³-hybridized carbons (Fsp3) is 0.615. The highest BCUT2D eigenvalue weighted by molar-refractivity contribution is 7.89. The summed E-state index contributed by atoms with van der Waals surface area (Å²) in [7, 11) is -3.39. The van der Waals surface area contributed by atoms with Crippen LogP contribution >= 0.6 is 11.3 Å². The van der Waals surface area contributed by atoms with Gasteiger partial charge in [0.05, 0.1) is 4.90 Å². The molecule has 0 bridgehead atoms. The largest absolute Gasteiger partial charge is 0.356 e. The summed E-state index contributed by atoms with van der Waals surface area (Å²) in [5.41, 5.74) is 0. The van der Waals surface area contributed by atoms with Crippen molar-refractivity contribution >= 4 is 27.3 Å². The predicted molar refractivity (Wildman–Crippen MR) is 79.2 cm³/mol. The number of carbonyl (C=O) groups is 1. The van der Waals surface area contributed by atoms with E-state index in [1.54, 1.807) is 21.1 Å². The van der Waals surface area contributed by atoms with E-state index < -0.39 is 10.0 Å². The van der Waals surface area contributed by atoms with E-state index in [0.717, 1.165) is 19.3 Å². The van der Waals surface area contributed by atoms with E-state index in [-0.39, 0.29) is 11.9 Å². The topological polar surface area (TPSA) is 66.5 Å². The molecule has 5 nitrogen and oxygen atoms in total. The van der Waals surface area contributed by atoms with Crippen LogP contribution in [0.25, 0.3) is 0 Å². The van der Waals surface area contributed by atoms with Gasteiger partial charge in [-0.05, 0) is 30.7 Å². The van der Waals surface area contributed by atoms with Crippen LogP contribution < -0.4 is 5.32 Å². The average molecular weight is 316 g/mol. The lowest BCUT2D eigenvalue weighted by Gasteiger charge is -2.34. The second kappa shape index (κ2) is 6.69. The standard InChI is InChI=1S/C13H20N2O3S2/c1-11(16)14-7-5-12-4-2-3-8-15(12)20(17,18)13-6-9-19-10-13/h6,9-10,12H,2-5,7-8H2,1H3,(H,14,16)/t12-/m1/s1. The van der Waals surface area contributed by atoms with Crippen molar-refractivity contribution in [2.75, 3.05) is 13.1 Å². The van der Waals surface area contributed by atoms with Crippen molar-refractivity contribution < 1.29 is 13.2 Å². The number of rotatable bonds is 5. The van der Waals surface area contributed by atoms with Crippen LogP contribution in [0.5, 0.6) is 0 Å². The van der Waals surface area contributed by atoms with Crippen LogP contribution in [0.1, 0.15) is 32.6 Å². The molecule has 0 aliphatic carbocycles. The Kier molecular flexibility index (Phi) is 5.17. The molecule has 0 spiro atoms. The van der Waals surface area contributed by atoms with Gasteiger partial charge in [0.2, 0.25) is 15.9 Å². The van der Waals surface area contributed by atoms with E-state index in [1.165, 1.54) is 18.3 Å². The molecule has 112 valence electrons. The zero-order valence-electron chi connectivity index (χ0n) is 11.5. The van der Waals surface area contributed by atoms with E-state index in [2.05, 4.69) is 5.32 Å². The normalized spacial score (nSPS) is 20.8. The van der Waals surface area contributed by atoms with Crippen LogP contribution in [-0.2, 0) is 14.8 Å². The number of nitrogens with zero attached hydrogens (tertiary/aromatic N) is 1. The average Bonchev–Trinajstić information content (AvgIpc) is 2.93. The van der Waals surface area contributed by atoms with Gasteiger partial charge in [-0.2, -0.15) is 15.6 Å². The van der Waals surface area contributed by atoms with Gasteiger partial charge < -0.3 is 5.32 Å². The van der Waals surface area contributed by atoms with Crippen molar-refractivity contribution in [1.29, 1.82) is 0 Å². The van der Waals surface area contributed by atoms with E-state index in [1.807, 2.05) is 0 Å². The van der Waals surface area contributed by atoms with Gasteiger partial charge >= 0.3 is 0 Å². The minimum absolute atomic E-state index is 0.0134. The number of thiophene rings is 1. The van der Waals surface area contributed by atoms with Gasteiger partial charge in [-0.25, -0.2) is 8.42 Å². The van der Waals surface area contributed by atoms with Crippen molar-refractivity contribution in [2.24, 2.45) is 0 Å². The van der Waals surface area contributed by atoms with Crippen LogP contribution in [0.2, 0.25) is 0 Å². The Morgan fingerprint density at radius 2 is 2.30 bits per heavy atom. The zero-order chi connectivity index (χ0) is 14.6. The third-order valence-corrected chi connectivity index (χ3v) is 6.31. The lowest BCUT2D eigenvalue weighted by molar-refractivity contribution is -0.119. The summed E-state index contributed by atoms with van der Waals surface area (Å²) < 4.78 is 26.8. The summed E-state index contributed by atoms with van der Waals surface area (Å²) in [4.78, 5) is 11.3. The smallest absolute Gasteiger partial charge is 0.244 e. The second-order valence-corrected chi connectivity index (χ2v) is 7.67. The minimum Gasteiger partial charge on any atom is -0.356 e. The molecule has 1 saturated heterocycles. The Morgan fingerprint density at radius 3 is 2.95 bits per heavy atom. The molecule has 0 unspecified atom stereocenters. The molecular weight excluding hydrogens is 296 g/mol. The van der Waals surface area contributed by atoms with Crippen molar-refractivity contribution in [2.45, 2.75) is 43.5 Å². The summed E-state index contributed by atoms with van der Waals surface area (Å²) in [5, 5.41) is 6.20. The molecule has 1 aliphatic rings. The number of piperidine rings is 1. The lowest BCUT2D eigenvalue weighted by atomic mass is 10.0. The lowest BCUT2D eigenvalue weighted by Crippen LogP contribution is -2.44. The van der Waals surface area contributed by atoms with Crippen LogP contribution in [0.4, 0.5) is 0 Å². The van der Waals surface area contributed by atoms with Gasteiger partial charge in [-0.1, -0.05) is 6.42 Å². The molecule has 1 atom stereocenters. The van der Waals surface area contributed by atoms with Crippen molar-refractivity contribution in [1.82, 2.24) is 9.62 Å². The number of amides is 1. The number of nitrogens with one attached hydrogen (secondary N) is 1. The van der Waals surface area contributed by atoms with Crippen LogP contribution in [0.3, 0.4) is 0 Å². The highest BCUT2D eigenvalue weighted by atomic mass is 32.2. The van der Waals surface area contributed by atoms with Crippen molar-refractivity contribution in [3.05, 3.63) is 16.8 Å². The van der Waals surface area contributed by atoms with E-state index >= 15 is 0 Å². The van der Waals surface area contributed by atoms with Gasteiger partial charge in [0.1, 0.15) is 0 Å². The van der Waals surface area contributed by atoms with Gasteiger partial charge in [-0.3, -0.25) is 4.79 Å². The van der Waals surface area contributed by atoms with Crippen LogP contribution in [0.15, 0.2) is 21.7 Å². The van der Waals surface area contributed by atoms with E-state index in [9.17, 15) is 13.2 Å². The Balaban J connectivity index is 2.08. The fourth-order valence-electron chi connectivity index (χ4n) is 2.53. The second-order valence-electron chi connectivity index (χ2n) is 5.00. The summed E-state index contributed by atoms with van der Waals surface area (Å²) >= 11 is 1.39. The molecule has 1 aromatic rings. The number of hydrogen-bond acceptors (Lipinski definition) is 4. The SMILES string of the molecule is CC(=O)NCC[C@H]1CCCCN1S(=O)(=O)c1ccsc1. The van der Waals surface area contributed by atoms with Crippen molar-refractivity contribution in [3.63, 3.8) is 0 Å². The Hall–Kier alpha value is -0.920. The monoisotopic (exact) mass is 316 g/mol. The van der Waals surface area contributed by atoms with Gasteiger partial charge in [-0.15, -0.1) is 0 Å². The first-order valence-electron chi connectivity index (χ1n) is 6.80. The number of sulfonamides is 1. The van der Waals surface area contributed by atoms with Crippen LogP contribution in [0, 0.1) is 0 Å². The van der Waals surface area contributed by atoms with Gasteiger partial charge in [0.15, 0.2) is 0 Å². The van der Waals surface area contributed by atoms with Crippen molar-refractivity contribution in [3.8, 4) is 0 Å². The molecule has 0 radical (unpaired) electrons. The molecule has 0 aromatic carbocycles. The maximum Gasteiger partial charge on any atom is 0.244 e. The summed E-state index contributed by atoms with van der Waals surface area (Å²) in [6, 6.07) is 1.64. The Labute approximate surface area is 124 Å². The third-order valence-electron chi connectivity index (χ3n) is 3.53. The number of hydrogen-bond donors (Lipinski definition) is 1. The molecule has 0 saturated carbocycles. The first kappa shape index (κ1) is 15.5. The van der Waals surface area contributed by atoms with E-state index in [0.29, 0.717) is 24.4 Å². The first-order valence-corrected chi connectivity index (χ1v) is 9.18. The Bertz CT molecular complexity index is 540. The molecule has 2 heterocycles. The fourth-order valence-corrected chi connectivity index (χ4v) is 5.27. The number of carbonyl (C=O) groups excluding carboxylic acids is 1. The van der Waals surface area contributed by atoms with Gasteiger partial charge in [0.25, 0.3) is 0 Å². The summed E-state index contributed by atoms with van der Waals surface area (Å²) in [5.74, 6) is -0.0759. The van der Waals surface area contributed by atoms with Crippen LogP contribution in [-0.4, -0.2) is 37.8 Å². The Morgan fingerprint density at radius 1 is 1.50 bits per heavy atom. The maximum absolute atomic E-state index is 12.6. The first-order chi connectivity index (χ1) is 9.51. The summed E-state index contributed by atoms with van der Waals surface area (Å²) in [6.45, 7) is 2.57. The molecule has 1 fully saturated rings. The molecule has 1 amide bonds. The highest BCUT2D eigenvalue weighted by Gasteiger charge is 2.33. The quantitative estimate of drug-likeness (QED) is 0.901. The predicted octanol–water partition coefficient (Wildman–Crippen LogP) is 1.82. The molecule has 1 aliphatic heterocycles. The minimum atomic E-state index is -3.39. The maximum atomic E-state index is 12.6. The van der Waals surface area contributed by atoms with E-state index in [4.69, 9.17) is 0 Å². The molecule has 20 heavy (non-hydrogen) atoms. The molecule has 1 aromatic heterocycles. The summed E-state index contributed by atoms with van der Waals surface area (Å²) in [6.07, 6.45) is 3.48. The molecule has 7 heteroatoms. The third kappa shape index (κ3) is 3.59.